The number of fused-ring (bicyclic) bond motifs is 1. The molecule has 1 aliphatic rings. The summed E-state index contributed by atoms with van der Waals surface area (Å²) in [6.07, 6.45) is 1.82. The third-order valence-corrected chi connectivity index (χ3v) is 4.78. The highest BCUT2D eigenvalue weighted by molar-refractivity contribution is 7.98. The van der Waals surface area contributed by atoms with Crippen LogP contribution in [0.4, 0.5) is 5.82 Å². The number of hydrogen-bond acceptors (Lipinski definition) is 4. The molecule has 0 saturated carbocycles. The topological polar surface area (TPSA) is 76.0 Å². The van der Waals surface area contributed by atoms with E-state index in [2.05, 4.69) is 15.7 Å². The Morgan fingerprint density at radius 3 is 2.75 bits per heavy atom. The average Bonchev–Trinajstić information content (AvgIpc) is 3.18. The van der Waals surface area contributed by atoms with Gasteiger partial charge in [0.2, 0.25) is 0 Å². The van der Waals surface area contributed by atoms with Crippen LogP contribution in [-0.2, 0) is 21.1 Å². The van der Waals surface area contributed by atoms with Gasteiger partial charge in [-0.3, -0.25) is 9.59 Å². The molecule has 0 atom stereocenters. The van der Waals surface area contributed by atoms with E-state index in [-0.39, 0.29) is 0 Å². The molecule has 7 heteroatoms. The Hall–Kier alpha value is -2.28. The van der Waals surface area contributed by atoms with E-state index in [4.69, 9.17) is 0 Å². The van der Waals surface area contributed by atoms with Crippen LogP contribution >= 0.6 is 11.8 Å². The molecule has 2 N–H and O–H groups in total. The van der Waals surface area contributed by atoms with E-state index in [0.29, 0.717) is 12.4 Å². The summed E-state index contributed by atoms with van der Waals surface area (Å²) in [5, 5.41) is 9.99. The van der Waals surface area contributed by atoms with Gasteiger partial charge < -0.3 is 10.6 Å². The Bertz CT molecular complexity index is 743. The number of benzene rings is 1. The van der Waals surface area contributed by atoms with Crippen LogP contribution in [0.5, 0.6) is 0 Å². The molecule has 0 aliphatic carbocycles. The van der Waals surface area contributed by atoms with Crippen molar-refractivity contribution in [3.63, 3.8) is 0 Å². The highest BCUT2D eigenvalue weighted by Gasteiger charge is 2.26. The Kier molecular flexibility index (Phi) is 5.20. The maximum Gasteiger partial charge on any atom is 0.314 e. The molecule has 1 aliphatic heterocycles. The number of hydrogen-bond donors (Lipinski definition) is 2. The van der Waals surface area contributed by atoms with E-state index in [1.165, 1.54) is 0 Å². The number of aromatic nitrogens is 2. The third kappa shape index (κ3) is 3.46. The standard InChI is InChI=1S/C17H20N4O2S/c1-2-3-9-18-16(22)17(23)19-15-13-10-24-11-14(13)20-21(15)12-7-5-4-6-8-12/h4-8H,2-3,9-11H2,1H3,(H,18,22)(H,19,23). The van der Waals surface area contributed by atoms with Crippen molar-refractivity contribution in [1.29, 1.82) is 0 Å². The zero-order chi connectivity index (χ0) is 16.9. The zero-order valence-electron chi connectivity index (χ0n) is 13.5. The van der Waals surface area contributed by atoms with Crippen molar-refractivity contribution in [1.82, 2.24) is 15.1 Å². The smallest absolute Gasteiger partial charge is 0.314 e. The molecule has 0 saturated heterocycles. The summed E-state index contributed by atoms with van der Waals surface area (Å²) in [6.45, 7) is 2.54. The number of nitrogens with one attached hydrogen (secondary N) is 2. The van der Waals surface area contributed by atoms with Crippen LogP contribution < -0.4 is 10.6 Å². The fraction of sp³-hybridized carbons (Fsp3) is 0.353. The summed E-state index contributed by atoms with van der Waals surface area (Å²) < 4.78 is 1.71. The van der Waals surface area contributed by atoms with Gasteiger partial charge in [0, 0.05) is 23.6 Å². The zero-order valence-corrected chi connectivity index (χ0v) is 14.4. The molecule has 2 amide bonds. The van der Waals surface area contributed by atoms with Crippen molar-refractivity contribution >= 4 is 29.4 Å². The predicted molar refractivity (Wildman–Crippen MR) is 95.1 cm³/mol. The van der Waals surface area contributed by atoms with Gasteiger partial charge in [-0.1, -0.05) is 31.5 Å². The number of para-hydroxylation sites is 1. The minimum atomic E-state index is -0.650. The lowest BCUT2D eigenvalue weighted by molar-refractivity contribution is -0.136. The van der Waals surface area contributed by atoms with Crippen LogP contribution in [0.1, 0.15) is 31.0 Å². The van der Waals surface area contributed by atoms with Crippen LogP contribution in [0, 0.1) is 0 Å². The van der Waals surface area contributed by atoms with Gasteiger partial charge in [-0.2, -0.15) is 16.9 Å². The van der Waals surface area contributed by atoms with E-state index < -0.39 is 11.8 Å². The SMILES string of the molecule is CCCCNC(=O)C(=O)Nc1c2c(nn1-c1ccccc1)CSC2. The molecule has 24 heavy (non-hydrogen) atoms. The summed E-state index contributed by atoms with van der Waals surface area (Å²) in [7, 11) is 0. The number of amides is 2. The van der Waals surface area contributed by atoms with Crippen LogP contribution in [0.3, 0.4) is 0 Å². The average molecular weight is 344 g/mol. The summed E-state index contributed by atoms with van der Waals surface area (Å²) >= 11 is 1.75. The number of carbonyl (C=O) groups excluding carboxylic acids is 2. The van der Waals surface area contributed by atoms with Gasteiger partial charge in [0.15, 0.2) is 0 Å². The fourth-order valence-electron chi connectivity index (χ4n) is 2.52. The van der Waals surface area contributed by atoms with Crippen molar-refractivity contribution in [3.8, 4) is 5.69 Å². The minimum absolute atomic E-state index is 0.509. The van der Waals surface area contributed by atoms with Crippen LogP contribution in [0.15, 0.2) is 30.3 Å². The monoisotopic (exact) mass is 344 g/mol. The van der Waals surface area contributed by atoms with Gasteiger partial charge >= 0.3 is 11.8 Å². The van der Waals surface area contributed by atoms with Gasteiger partial charge in [-0.05, 0) is 18.6 Å². The maximum absolute atomic E-state index is 12.2. The molecule has 0 unspecified atom stereocenters. The number of thioether (sulfide) groups is 1. The van der Waals surface area contributed by atoms with Gasteiger partial charge in [-0.25, -0.2) is 4.68 Å². The summed E-state index contributed by atoms with van der Waals surface area (Å²) in [4.78, 5) is 24.2. The number of rotatable bonds is 5. The molecule has 2 heterocycles. The van der Waals surface area contributed by atoms with E-state index in [1.807, 2.05) is 37.3 Å². The quantitative estimate of drug-likeness (QED) is 0.645. The van der Waals surface area contributed by atoms with Crippen molar-refractivity contribution in [2.24, 2.45) is 0 Å². The Morgan fingerprint density at radius 2 is 2.00 bits per heavy atom. The summed E-state index contributed by atoms with van der Waals surface area (Å²) in [5.74, 6) is 0.944. The lowest BCUT2D eigenvalue weighted by Crippen LogP contribution is -2.36. The minimum Gasteiger partial charge on any atom is -0.348 e. The van der Waals surface area contributed by atoms with Crippen molar-refractivity contribution < 1.29 is 9.59 Å². The lowest BCUT2D eigenvalue weighted by Gasteiger charge is -2.11. The normalized spacial score (nSPS) is 12.7. The molecule has 1 aromatic heterocycles. The number of unbranched alkanes of at least 4 members (excludes halogenated alkanes) is 1. The molecule has 1 aromatic carbocycles. The van der Waals surface area contributed by atoms with Crippen LogP contribution in [-0.4, -0.2) is 28.1 Å². The first kappa shape index (κ1) is 16.6. The molecular formula is C17H20N4O2S. The van der Waals surface area contributed by atoms with E-state index in [1.54, 1.807) is 16.4 Å². The molecule has 3 rings (SSSR count). The van der Waals surface area contributed by atoms with Crippen molar-refractivity contribution in [2.45, 2.75) is 31.3 Å². The van der Waals surface area contributed by atoms with Crippen molar-refractivity contribution in [3.05, 3.63) is 41.6 Å². The van der Waals surface area contributed by atoms with Crippen LogP contribution in [0.25, 0.3) is 5.69 Å². The molecule has 6 nitrogen and oxygen atoms in total. The first-order valence-electron chi connectivity index (χ1n) is 8.03. The Labute approximate surface area is 145 Å². The second-order valence-electron chi connectivity index (χ2n) is 5.58. The van der Waals surface area contributed by atoms with Gasteiger partial charge in [0.1, 0.15) is 5.82 Å². The number of carbonyl (C=O) groups is 2. The molecule has 0 fully saturated rings. The molecular weight excluding hydrogens is 324 g/mol. The molecule has 0 spiro atoms. The first-order valence-corrected chi connectivity index (χ1v) is 9.19. The third-order valence-electron chi connectivity index (χ3n) is 3.81. The highest BCUT2D eigenvalue weighted by atomic mass is 32.2. The Morgan fingerprint density at radius 1 is 1.21 bits per heavy atom. The Balaban J connectivity index is 1.82. The van der Waals surface area contributed by atoms with E-state index >= 15 is 0 Å². The maximum atomic E-state index is 12.2. The predicted octanol–water partition coefficient (Wildman–Crippen LogP) is 2.47. The highest BCUT2D eigenvalue weighted by Crippen LogP contribution is 2.35. The van der Waals surface area contributed by atoms with Crippen LogP contribution in [0.2, 0.25) is 0 Å². The second-order valence-corrected chi connectivity index (χ2v) is 6.56. The summed E-state index contributed by atoms with van der Waals surface area (Å²) in [6, 6.07) is 9.61. The van der Waals surface area contributed by atoms with E-state index in [0.717, 1.165) is 41.3 Å². The molecule has 0 bridgehead atoms. The largest absolute Gasteiger partial charge is 0.348 e. The van der Waals surface area contributed by atoms with Gasteiger partial charge in [-0.15, -0.1) is 0 Å². The molecule has 0 radical (unpaired) electrons. The number of anilines is 1. The van der Waals surface area contributed by atoms with E-state index in [9.17, 15) is 9.59 Å². The van der Waals surface area contributed by atoms with Gasteiger partial charge in [0.25, 0.3) is 0 Å². The van der Waals surface area contributed by atoms with Gasteiger partial charge in [0.05, 0.1) is 11.4 Å². The first-order chi connectivity index (χ1) is 11.7. The number of nitrogens with zero attached hydrogens (tertiary/aromatic N) is 2. The lowest BCUT2D eigenvalue weighted by atomic mass is 10.2. The second kappa shape index (κ2) is 7.53. The molecule has 2 aromatic rings. The van der Waals surface area contributed by atoms with Crippen molar-refractivity contribution in [2.75, 3.05) is 11.9 Å². The molecule has 126 valence electrons. The summed E-state index contributed by atoms with van der Waals surface area (Å²) in [5.41, 5.74) is 2.82. The fourth-order valence-corrected chi connectivity index (χ4v) is 3.56.